The Morgan fingerprint density at radius 3 is 2.50 bits per heavy atom. The van der Waals surface area contributed by atoms with E-state index in [0.717, 1.165) is 18.7 Å². The minimum Gasteiger partial charge on any atom is -0.493 e. The minimum atomic E-state index is -0.336. The number of aliphatic hydroxyl groups is 1. The summed E-state index contributed by atoms with van der Waals surface area (Å²) in [6.07, 6.45) is -0.336. The van der Waals surface area contributed by atoms with Crippen molar-refractivity contribution >= 4 is 5.91 Å². The summed E-state index contributed by atoms with van der Waals surface area (Å²) < 4.78 is 10.9. The molecule has 1 rings (SSSR count). The average molecular weight is 367 g/mol. The predicted octanol–water partition coefficient (Wildman–Crippen LogP) is 1.05. The van der Waals surface area contributed by atoms with Crippen molar-refractivity contribution in [2.75, 3.05) is 33.4 Å². The van der Waals surface area contributed by atoms with Gasteiger partial charge in [0.2, 0.25) is 0 Å². The van der Waals surface area contributed by atoms with Crippen LogP contribution in [-0.2, 0) is 11.3 Å². The number of hydrogen-bond acceptors (Lipinski definition) is 6. The molecule has 0 radical (unpaired) electrons. The minimum absolute atomic E-state index is 0.0554. The lowest BCUT2D eigenvalue weighted by Gasteiger charge is -2.20. The summed E-state index contributed by atoms with van der Waals surface area (Å²) in [5, 5.41) is 18.5. The van der Waals surface area contributed by atoms with E-state index in [1.54, 1.807) is 14.0 Å². The van der Waals surface area contributed by atoms with Gasteiger partial charge in [0.05, 0.1) is 13.2 Å². The van der Waals surface area contributed by atoms with Crippen LogP contribution in [0.25, 0.3) is 0 Å². The van der Waals surface area contributed by atoms with Gasteiger partial charge in [0.15, 0.2) is 18.1 Å². The fourth-order valence-corrected chi connectivity index (χ4v) is 2.26. The lowest BCUT2D eigenvalue weighted by atomic mass is 10.1. The van der Waals surface area contributed by atoms with E-state index < -0.39 is 0 Å². The molecule has 4 N–H and O–H groups in total. The molecule has 148 valence electrons. The van der Waals surface area contributed by atoms with Crippen LogP contribution >= 0.6 is 0 Å². The van der Waals surface area contributed by atoms with Crippen molar-refractivity contribution in [3.63, 3.8) is 0 Å². The molecule has 1 unspecified atom stereocenters. The number of methoxy groups -OCH3 is 1. The topological polar surface area (TPSA) is 91.8 Å². The second kappa shape index (κ2) is 11.0. The summed E-state index contributed by atoms with van der Waals surface area (Å²) in [6, 6.07) is 5.65. The molecule has 0 fully saturated rings. The molecule has 1 aromatic carbocycles. The molecule has 7 heteroatoms. The van der Waals surface area contributed by atoms with Crippen molar-refractivity contribution in [2.24, 2.45) is 0 Å². The number of amides is 1. The van der Waals surface area contributed by atoms with Crippen LogP contribution < -0.4 is 25.4 Å². The van der Waals surface area contributed by atoms with E-state index in [0.29, 0.717) is 24.6 Å². The third-order valence-electron chi connectivity index (χ3n) is 3.35. The van der Waals surface area contributed by atoms with Crippen LogP contribution in [0.4, 0.5) is 0 Å². The zero-order valence-electron chi connectivity index (χ0n) is 16.5. The molecule has 1 aromatic rings. The molecule has 1 atom stereocenters. The van der Waals surface area contributed by atoms with Crippen molar-refractivity contribution in [2.45, 2.75) is 45.9 Å². The lowest BCUT2D eigenvalue weighted by molar-refractivity contribution is -0.124. The average Bonchev–Trinajstić information content (AvgIpc) is 2.54. The van der Waals surface area contributed by atoms with Crippen molar-refractivity contribution in [3.8, 4) is 11.5 Å². The van der Waals surface area contributed by atoms with E-state index in [4.69, 9.17) is 9.47 Å². The first-order valence-electron chi connectivity index (χ1n) is 8.91. The highest BCUT2D eigenvalue weighted by Gasteiger charge is 2.15. The second-order valence-corrected chi connectivity index (χ2v) is 7.30. The van der Waals surface area contributed by atoms with Gasteiger partial charge < -0.3 is 30.5 Å². The molecule has 0 saturated heterocycles. The monoisotopic (exact) mass is 367 g/mol. The molecule has 0 aliphatic rings. The number of hydrogen-bond donors (Lipinski definition) is 4. The maximum absolute atomic E-state index is 11.9. The Bertz CT molecular complexity index is 556. The smallest absolute Gasteiger partial charge is 0.258 e. The number of aliphatic hydroxyl groups excluding tert-OH is 1. The zero-order valence-corrected chi connectivity index (χ0v) is 16.5. The van der Waals surface area contributed by atoms with Crippen molar-refractivity contribution < 1.29 is 19.4 Å². The Morgan fingerprint density at radius 1 is 1.19 bits per heavy atom. The zero-order chi connectivity index (χ0) is 19.6. The van der Waals surface area contributed by atoms with Crippen LogP contribution in [0.1, 0.15) is 33.3 Å². The molecule has 0 aliphatic heterocycles. The van der Waals surface area contributed by atoms with Crippen LogP contribution in [0.15, 0.2) is 18.2 Å². The predicted molar refractivity (Wildman–Crippen MR) is 103 cm³/mol. The molecule has 0 saturated carbocycles. The Kier molecular flexibility index (Phi) is 9.40. The molecule has 0 aromatic heterocycles. The SMILES string of the molecule is COc1cc(CNCCNCC(C)O)ccc1OCC(=O)NC(C)(C)C. The van der Waals surface area contributed by atoms with Gasteiger partial charge in [-0.3, -0.25) is 4.79 Å². The van der Waals surface area contributed by atoms with Crippen molar-refractivity contribution in [3.05, 3.63) is 23.8 Å². The lowest BCUT2D eigenvalue weighted by Crippen LogP contribution is -2.43. The summed E-state index contributed by atoms with van der Waals surface area (Å²) in [4.78, 5) is 11.9. The van der Waals surface area contributed by atoms with Gasteiger partial charge in [0.1, 0.15) is 0 Å². The largest absolute Gasteiger partial charge is 0.493 e. The van der Waals surface area contributed by atoms with E-state index in [9.17, 15) is 9.90 Å². The van der Waals surface area contributed by atoms with Crippen LogP contribution in [0.2, 0.25) is 0 Å². The normalized spacial score (nSPS) is 12.5. The highest BCUT2D eigenvalue weighted by atomic mass is 16.5. The van der Waals surface area contributed by atoms with Gasteiger partial charge in [-0.2, -0.15) is 0 Å². The van der Waals surface area contributed by atoms with E-state index in [1.165, 1.54) is 0 Å². The number of nitrogens with one attached hydrogen (secondary N) is 3. The summed E-state index contributed by atoms with van der Waals surface area (Å²) in [6.45, 7) is 10.3. The van der Waals surface area contributed by atoms with Crippen LogP contribution in [0.5, 0.6) is 11.5 Å². The molecule has 0 aliphatic carbocycles. The first kappa shape index (κ1) is 22.2. The Labute approximate surface area is 156 Å². The summed E-state index contributed by atoms with van der Waals surface area (Å²) in [5.74, 6) is 0.967. The fourth-order valence-electron chi connectivity index (χ4n) is 2.26. The molecular formula is C19H33N3O4. The molecule has 0 bridgehead atoms. The number of carbonyl (C=O) groups excluding carboxylic acids is 1. The Morgan fingerprint density at radius 2 is 1.88 bits per heavy atom. The van der Waals surface area contributed by atoms with Gasteiger partial charge in [-0.05, 0) is 45.4 Å². The first-order chi connectivity index (χ1) is 12.2. The maximum atomic E-state index is 11.9. The van der Waals surface area contributed by atoms with E-state index in [2.05, 4.69) is 16.0 Å². The molecule has 0 heterocycles. The molecular weight excluding hydrogens is 334 g/mol. The summed E-state index contributed by atoms with van der Waals surface area (Å²) >= 11 is 0. The Balaban J connectivity index is 2.45. The molecule has 0 spiro atoms. The highest BCUT2D eigenvalue weighted by Crippen LogP contribution is 2.28. The van der Waals surface area contributed by atoms with Crippen LogP contribution in [0, 0.1) is 0 Å². The highest BCUT2D eigenvalue weighted by molar-refractivity contribution is 5.78. The quantitative estimate of drug-likeness (QED) is 0.437. The van der Waals surface area contributed by atoms with E-state index in [-0.39, 0.29) is 24.2 Å². The fraction of sp³-hybridized carbons (Fsp3) is 0.632. The summed E-state index contributed by atoms with van der Waals surface area (Å²) in [5.41, 5.74) is 0.772. The van der Waals surface area contributed by atoms with Gasteiger partial charge in [0, 0.05) is 31.7 Å². The maximum Gasteiger partial charge on any atom is 0.258 e. The second-order valence-electron chi connectivity index (χ2n) is 7.30. The summed E-state index contributed by atoms with van der Waals surface area (Å²) in [7, 11) is 1.58. The first-order valence-corrected chi connectivity index (χ1v) is 8.91. The molecule has 7 nitrogen and oxygen atoms in total. The third kappa shape index (κ3) is 9.60. The van der Waals surface area contributed by atoms with Crippen molar-refractivity contribution in [1.29, 1.82) is 0 Å². The number of carbonyl (C=O) groups is 1. The van der Waals surface area contributed by atoms with Gasteiger partial charge in [-0.1, -0.05) is 6.07 Å². The van der Waals surface area contributed by atoms with E-state index >= 15 is 0 Å². The van der Waals surface area contributed by atoms with E-state index in [1.807, 2.05) is 39.0 Å². The number of rotatable bonds is 11. The van der Waals surface area contributed by atoms with Gasteiger partial charge in [-0.25, -0.2) is 0 Å². The van der Waals surface area contributed by atoms with Gasteiger partial charge in [-0.15, -0.1) is 0 Å². The molecule has 26 heavy (non-hydrogen) atoms. The third-order valence-corrected chi connectivity index (χ3v) is 3.35. The van der Waals surface area contributed by atoms with Crippen molar-refractivity contribution in [1.82, 2.24) is 16.0 Å². The standard InChI is InChI=1S/C19H33N3O4/c1-14(23)11-20-8-9-21-12-15-6-7-16(17(10-15)25-5)26-13-18(24)22-19(2,3)4/h6-7,10,14,20-21,23H,8-9,11-13H2,1-5H3,(H,22,24). The van der Waals surface area contributed by atoms with Crippen LogP contribution in [-0.4, -0.2) is 56.0 Å². The van der Waals surface area contributed by atoms with Gasteiger partial charge in [0.25, 0.3) is 5.91 Å². The Hall–Kier alpha value is -1.83. The molecule has 1 amide bonds. The number of ether oxygens (including phenoxy) is 2. The number of benzene rings is 1. The van der Waals surface area contributed by atoms with Crippen LogP contribution in [0.3, 0.4) is 0 Å². The van der Waals surface area contributed by atoms with Gasteiger partial charge >= 0.3 is 0 Å².